The lowest BCUT2D eigenvalue weighted by atomic mass is 10.3. The maximum absolute atomic E-state index is 8.81. The summed E-state index contributed by atoms with van der Waals surface area (Å²) < 4.78 is 0.593. The normalized spacial score (nSPS) is 11.6. The van der Waals surface area contributed by atoms with Crippen molar-refractivity contribution in [3.05, 3.63) is 15.5 Å². The Morgan fingerprint density at radius 1 is 1.60 bits per heavy atom. The number of aliphatic hydroxyl groups is 1. The molecule has 0 aliphatic heterocycles. The highest BCUT2D eigenvalue weighted by Gasteiger charge is 2.11. The zero-order valence-electron chi connectivity index (χ0n) is 9.11. The smallest absolute Gasteiger partial charge is 0.183 e. The van der Waals surface area contributed by atoms with E-state index in [1.165, 1.54) is 16.2 Å². The molecule has 0 saturated heterocycles. The molecule has 0 fully saturated rings. The van der Waals surface area contributed by atoms with Gasteiger partial charge in [-0.3, -0.25) is 4.90 Å². The Hall–Kier alpha value is -0.160. The summed E-state index contributed by atoms with van der Waals surface area (Å²) in [5.74, 6) is 0. The van der Waals surface area contributed by atoms with Gasteiger partial charge in [-0.25, -0.2) is 4.98 Å². The summed E-state index contributed by atoms with van der Waals surface area (Å²) in [6.45, 7) is 6.32. The molecule has 0 aromatic carbocycles. The Morgan fingerprint density at radius 2 is 2.33 bits per heavy atom. The van der Waals surface area contributed by atoms with Crippen LogP contribution in [0.5, 0.6) is 0 Å². The van der Waals surface area contributed by atoms with Crippen LogP contribution in [0.4, 0.5) is 0 Å². The van der Waals surface area contributed by atoms with E-state index in [1.54, 1.807) is 0 Å². The van der Waals surface area contributed by atoms with E-state index in [1.807, 2.05) is 6.20 Å². The van der Waals surface area contributed by atoms with Crippen molar-refractivity contribution in [2.75, 3.05) is 13.2 Å². The molecule has 1 N–H and O–H groups in total. The molecule has 1 aromatic rings. The lowest BCUT2D eigenvalue weighted by Crippen LogP contribution is -2.31. The average molecular weight is 249 g/mol. The number of hydrogen-bond acceptors (Lipinski definition) is 4. The minimum Gasteiger partial charge on any atom is -0.396 e. The summed E-state index contributed by atoms with van der Waals surface area (Å²) in [5, 5.41) is 8.81. The van der Waals surface area contributed by atoms with Crippen molar-refractivity contribution in [2.45, 2.75) is 32.9 Å². The van der Waals surface area contributed by atoms with E-state index in [0.29, 0.717) is 10.5 Å². The molecular formula is C10H17ClN2OS. The van der Waals surface area contributed by atoms with E-state index in [9.17, 15) is 0 Å². The third-order valence-electron chi connectivity index (χ3n) is 2.22. The highest BCUT2D eigenvalue weighted by Crippen LogP contribution is 2.20. The standard InChI is InChI=1S/C10H17ClN2OS/c1-8(2)13(4-3-5-14)7-9-6-12-10(11)15-9/h6,8,14H,3-5,7H2,1-2H3. The molecule has 86 valence electrons. The van der Waals surface area contributed by atoms with E-state index in [4.69, 9.17) is 16.7 Å². The zero-order valence-corrected chi connectivity index (χ0v) is 10.7. The van der Waals surface area contributed by atoms with Crippen LogP contribution >= 0.6 is 22.9 Å². The first-order chi connectivity index (χ1) is 7.13. The van der Waals surface area contributed by atoms with Gasteiger partial charge in [-0.2, -0.15) is 0 Å². The molecule has 15 heavy (non-hydrogen) atoms. The van der Waals surface area contributed by atoms with Gasteiger partial charge in [0.1, 0.15) is 0 Å². The van der Waals surface area contributed by atoms with Gasteiger partial charge in [-0.1, -0.05) is 11.6 Å². The number of aliphatic hydroxyl groups excluding tert-OH is 1. The predicted octanol–water partition coefficient (Wildman–Crippen LogP) is 2.39. The van der Waals surface area contributed by atoms with Crippen LogP contribution in [0.25, 0.3) is 0 Å². The van der Waals surface area contributed by atoms with Crippen molar-refractivity contribution in [1.29, 1.82) is 0 Å². The van der Waals surface area contributed by atoms with E-state index < -0.39 is 0 Å². The van der Waals surface area contributed by atoms with Gasteiger partial charge in [-0.05, 0) is 20.3 Å². The van der Waals surface area contributed by atoms with E-state index in [-0.39, 0.29) is 6.61 Å². The minimum atomic E-state index is 0.243. The monoisotopic (exact) mass is 248 g/mol. The number of aromatic nitrogens is 1. The summed E-state index contributed by atoms with van der Waals surface area (Å²) >= 11 is 7.29. The van der Waals surface area contributed by atoms with Crippen molar-refractivity contribution >= 4 is 22.9 Å². The highest BCUT2D eigenvalue weighted by molar-refractivity contribution is 7.15. The fraction of sp³-hybridized carbons (Fsp3) is 0.700. The van der Waals surface area contributed by atoms with Crippen LogP contribution in [-0.2, 0) is 6.54 Å². The summed E-state index contributed by atoms with van der Waals surface area (Å²) in [6, 6.07) is 0.470. The first-order valence-corrected chi connectivity index (χ1v) is 6.28. The minimum absolute atomic E-state index is 0.243. The second kappa shape index (κ2) is 6.43. The van der Waals surface area contributed by atoms with Crippen molar-refractivity contribution < 1.29 is 5.11 Å². The SMILES string of the molecule is CC(C)N(CCCO)Cc1cnc(Cl)s1. The third kappa shape index (κ3) is 4.47. The molecule has 3 nitrogen and oxygen atoms in total. The molecular weight excluding hydrogens is 232 g/mol. The fourth-order valence-corrected chi connectivity index (χ4v) is 2.35. The highest BCUT2D eigenvalue weighted by atomic mass is 35.5. The molecule has 1 aromatic heterocycles. The molecule has 0 atom stereocenters. The van der Waals surface area contributed by atoms with Gasteiger partial charge in [0.2, 0.25) is 0 Å². The van der Waals surface area contributed by atoms with E-state index in [0.717, 1.165) is 19.5 Å². The van der Waals surface area contributed by atoms with Crippen LogP contribution in [0, 0.1) is 0 Å². The van der Waals surface area contributed by atoms with E-state index in [2.05, 4.69) is 23.7 Å². The van der Waals surface area contributed by atoms with Crippen LogP contribution in [0.15, 0.2) is 6.20 Å². The Kier molecular flexibility index (Phi) is 5.53. The molecule has 0 radical (unpaired) electrons. The molecule has 0 bridgehead atoms. The lowest BCUT2D eigenvalue weighted by molar-refractivity contribution is 0.186. The second-order valence-corrected chi connectivity index (χ2v) is 5.42. The lowest BCUT2D eigenvalue weighted by Gasteiger charge is -2.25. The second-order valence-electron chi connectivity index (χ2n) is 3.72. The van der Waals surface area contributed by atoms with Crippen LogP contribution < -0.4 is 0 Å². The summed E-state index contributed by atoms with van der Waals surface area (Å²) in [5.41, 5.74) is 0. The van der Waals surface area contributed by atoms with Crippen LogP contribution in [0.3, 0.4) is 0 Å². The molecule has 1 rings (SSSR count). The number of rotatable bonds is 6. The summed E-state index contributed by atoms with van der Waals surface area (Å²) in [6.07, 6.45) is 2.63. The average Bonchev–Trinajstić information content (AvgIpc) is 2.58. The van der Waals surface area contributed by atoms with Gasteiger partial charge >= 0.3 is 0 Å². The fourth-order valence-electron chi connectivity index (χ4n) is 1.35. The number of hydrogen-bond donors (Lipinski definition) is 1. The maximum atomic E-state index is 8.81. The van der Waals surface area contributed by atoms with Crippen molar-refractivity contribution in [3.8, 4) is 0 Å². The van der Waals surface area contributed by atoms with Crippen molar-refractivity contribution in [1.82, 2.24) is 9.88 Å². The molecule has 0 aliphatic rings. The first-order valence-electron chi connectivity index (χ1n) is 5.08. The van der Waals surface area contributed by atoms with Gasteiger partial charge in [0.25, 0.3) is 0 Å². The first kappa shape index (κ1) is 12.9. The van der Waals surface area contributed by atoms with Crippen molar-refractivity contribution in [2.24, 2.45) is 0 Å². The van der Waals surface area contributed by atoms with Crippen LogP contribution in [0.2, 0.25) is 4.47 Å². The summed E-state index contributed by atoms with van der Waals surface area (Å²) in [4.78, 5) is 7.50. The molecule has 5 heteroatoms. The number of thiazole rings is 1. The largest absolute Gasteiger partial charge is 0.396 e. The predicted molar refractivity (Wildman–Crippen MR) is 64.4 cm³/mol. The van der Waals surface area contributed by atoms with Crippen LogP contribution in [0.1, 0.15) is 25.1 Å². The molecule has 0 saturated carbocycles. The third-order valence-corrected chi connectivity index (χ3v) is 3.32. The topological polar surface area (TPSA) is 36.4 Å². The van der Waals surface area contributed by atoms with Crippen molar-refractivity contribution in [3.63, 3.8) is 0 Å². The molecule has 0 aliphatic carbocycles. The van der Waals surface area contributed by atoms with Gasteiger partial charge in [0.05, 0.1) is 0 Å². The number of halogens is 1. The Morgan fingerprint density at radius 3 is 2.80 bits per heavy atom. The molecule has 1 heterocycles. The zero-order chi connectivity index (χ0) is 11.3. The molecule has 0 spiro atoms. The maximum Gasteiger partial charge on any atom is 0.183 e. The summed E-state index contributed by atoms with van der Waals surface area (Å²) in [7, 11) is 0. The Labute approximate surface area is 99.7 Å². The Balaban J connectivity index is 2.50. The van der Waals surface area contributed by atoms with Gasteiger partial charge < -0.3 is 5.11 Å². The number of nitrogens with zero attached hydrogens (tertiary/aromatic N) is 2. The molecule has 0 amide bonds. The molecule has 0 unspecified atom stereocenters. The quantitative estimate of drug-likeness (QED) is 0.840. The van der Waals surface area contributed by atoms with Gasteiger partial charge in [0.15, 0.2) is 4.47 Å². The Bertz CT molecular complexity index is 291. The van der Waals surface area contributed by atoms with Crippen LogP contribution in [-0.4, -0.2) is 34.2 Å². The van der Waals surface area contributed by atoms with Gasteiger partial charge in [0, 0.05) is 36.8 Å². The van der Waals surface area contributed by atoms with E-state index >= 15 is 0 Å². The van der Waals surface area contributed by atoms with Gasteiger partial charge in [-0.15, -0.1) is 11.3 Å².